The molecule has 1 aromatic carbocycles. The van der Waals surface area contributed by atoms with Gasteiger partial charge in [-0.2, -0.15) is 0 Å². The average molecular weight is 279 g/mol. The molecule has 2 rings (SSSR count). The van der Waals surface area contributed by atoms with Gasteiger partial charge < -0.3 is 4.74 Å². The highest BCUT2D eigenvalue weighted by Gasteiger charge is 2.08. The third kappa shape index (κ3) is 3.86. The van der Waals surface area contributed by atoms with Gasteiger partial charge in [0.15, 0.2) is 0 Å². The molecule has 0 aliphatic carbocycles. The van der Waals surface area contributed by atoms with Crippen molar-refractivity contribution in [2.75, 3.05) is 6.61 Å². The van der Waals surface area contributed by atoms with Crippen molar-refractivity contribution in [3.8, 4) is 5.88 Å². The fourth-order valence-electron chi connectivity index (χ4n) is 1.59. The van der Waals surface area contributed by atoms with Crippen LogP contribution >= 0.6 is 0 Å². The van der Waals surface area contributed by atoms with Crippen molar-refractivity contribution in [3.63, 3.8) is 0 Å². The largest absolute Gasteiger partial charge is 0.478 e. The fraction of sp³-hybridized carbons (Fsp3) is 0.214. The summed E-state index contributed by atoms with van der Waals surface area (Å²) < 4.78 is 30.4. The van der Waals surface area contributed by atoms with Crippen LogP contribution in [0.25, 0.3) is 0 Å². The van der Waals surface area contributed by atoms with Crippen LogP contribution in [0.1, 0.15) is 12.6 Å². The maximum Gasteiger partial charge on any atom is 0.213 e. The number of rotatable bonds is 5. The average Bonchev–Trinajstić information content (AvgIpc) is 2.39. The molecule has 1 atom stereocenters. The van der Waals surface area contributed by atoms with E-state index in [9.17, 15) is 8.60 Å². The van der Waals surface area contributed by atoms with Crippen LogP contribution in [0, 0.1) is 5.82 Å². The van der Waals surface area contributed by atoms with Crippen LogP contribution in [0.2, 0.25) is 0 Å². The van der Waals surface area contributed by atoms with Crippen molar-refractivity contribution in [1.82, 2.24) is 4.98 Å². The van der Waals surface area contributed by atoms with Gasteiger partial charge >= 0.3 is 0 Å². The molecule has 0 bridgehead atoms. The minimum absolute atomic E-state index is 0.240. The van der Waals surface area contributed by atoms with Crippen molar-refractivity contribution in [3.05, 3.63) is 54.0 Å². The minimum Gasteiger partial charge on any atom is -0.478 e. The van der Waals surface area contributed by atoms with Crippen LogP contribution in [0.5, 0.6) is 5.88 Å². The van der Waals surface area contributed by atoms with Crippen molar-refractivity contribution >= 4 is 10.8 Å². The second kappa shape index (κ2) is 6.43. The van der Waals surface area contributed by atoms with Gasteiger partial charge in [-0.25, -0.2) is 9.37 Å². The van der Waals surface area contributed by atoms with Gasteiger partial charge in [-0.05, 0) is 31.2 Å². The molecule has 0 saturated heterocycles. The Kier molecular flexibility index (Phi) is 4.63. The molecule has 0 aliphatic rings. The summed E-state index contributed by atoms with van der Waals surface area (Å²) >= 11 is 0. The Hall–Kier alpha value is -1.75. The minimum atomic E-state index is -1.31. The second-order valence-electron chi connectivity index (χ2n) is 3.85. The fourth-order valence-corrected chi connectivity index (χ4v) is 2.66. The molecule has 0 amide bonds. The van der Waals surface area contributed by atoms with E-state index >= 15 is 0 Å². The maximum atomic E-state index is 13.1. The molecule has 19 heavy (non-hydrogen) atoms. The standard InChI is InChI=1S/C14H14FNO2S/c1-2-18-14-8-4-6-12(16-14)10-19(17)13-7-3-5-11(15)9-13/h3-9H,2,10H2,1H3/t19-/m1/s1. The lowest BCUT2D eigenvalue weighted by molar-refractivity contribution is 0.326. The number of benzene rings is 1. The van der Waals surface area contributed by atoms with Gasteiger partial charge in [-0.3, -0.25) is 4.21 Å². The van der Waals surface area contributed by atoms with E-state index in [4.69, 9.17) is 4.74 Å². The Labute approximate surface area is 113 Å². The molecular weight excluding hydrogens is 265 g/mol. The molecule has 0 aliphatic heterocycles. The monoisotopic (exact) mass is 279 g/mol. The normalized spacial score (nSPS) is 12.1. The van der Waals surface area contributed by atoms with Gasteiger partial charge in [-0.15, -0.1) is 0 Å². The van der Waals surface area contributed by atoms with Crippen LogP contribution in [-0.2, 0) is 16.6 Å². The van der Waals surface area contributed by atoms with E-state index in [0.717, 1.165) is 0 Å². The van der Waals surface area contributed by atoms with Gasteiger partial charge in [0, 0.05) is 11.0 Å². The Morgan fingerprint density at radius 2 is 2.05 bits per heavy atom. The van der Waals surface area contributed by atoms with Gasteiger partial charge in [-0.1, -0.05) is 12.1 Å². The van der Waals surface area contributed by atoms with Crippen molar-refractivity contribution in [2.24, 2.45) is 0 Å². The summed E-state index contributed by atoms with van der Waals surface area (Å²) in [6.07, 6.45) is 0. The highest BCUT2D eigenvalue weighted by atomic mass is 32.2. The topological polar surface area (TPSA) is 39.2 Å². The lowest BCUT2D eigenvalue weighted by atomic mass is 10.3. The van der Waals surface area contributed by atoms with E-state index in [0.29, 0.717) is 23.1 Å². The first-order valence-electron chi connectivity index (χ1n) is 5.91. The SMILES string of the molecule is CCOc1cccc(C[S@@](=O)c2cccc(F)c2)n1. The molecule has 0 saturated carbocycles. The third-order valence-corrected chi connectivity index (χ3v) is 3.75. The smallest absolute Gasteiger partial charge is 0.213 e. The molecule has 3 nitrogen and oxygen atoms in total. The maximum absolute atomic E-state index is 13.1. The number of ether oxygens (including phenoxy) is 1. The summed E-state index contributed by atoms with van der Waals surface area (Å²) in [5.41, 5.74) is 0.661. The van der Waals surface area contributed by atoms with E-state index in [1.807, 2.05) is 6.92 Å². The number of hydrogen-bond acceptors (Lipinski definition) is 3. The predicted molar refractivity (Wildman–Crippen MR) is 71.9 cm³/mol. The van der Waals surface area contributed by atoms with E-state index < -0.39 is 10.8 Å². The lowest BCUT2D eigenvalue weighted by Crippen LogP contribution is -2.01. The zero-order valence-corrected chi connectivity index (χ0v) is 11.3. The van der Waals surface area contributed by atoms with Crippen molar-refractivity contribution < 1.29 is 13.3 Å². The summed E-state index contributed by atoms with van der Waals surface area (Å²) in [5.74, 6) is 0.364. The summed E-state index contributed by atoms with van der Waals surface area (Å²) in [4.78, 5) is 4.70. The van der Waals surface area contributed by atoms with E-state index in [2.05, 4.69) is 4.98 Å². The number of hydrogen-bond donors (Lipinski definition) is 0. The van der Waals surface area contributed by atoms with Crippen molar-refractivity contribution in [2.45, 2.75) is 17.6 Å². The van der Waals surface area contributed by atoms with E-state index in [1.165, 1.54) is 12.1 Å². The van der Waals surface area contributed by atoms with Crippen LogP contribution in [0.15, 0.2) is 47.4 Å². The molecule has 100 valence electrons. The Balaban J connectivity index is 2.12. The molecule has 0 N–H and O–H groups in total. The van der Waals surface area contributed by atoms with Crippen LogP contribution in [-0.4, -0.2) is 15.8 Å². The second-order valence-corrected chi connectivity index (χ2v) is 5.30. The quantitative estimate of drug-likeness (QED) is 0.844. The number of pyridine rings is 1. The summed E-state index contributed by atoms with van der Waals surface area (Å²) in [5, 5.41) is 0. The first-order valence-corrected chi connectivity index (χ1v) is 7.23. The molecule has 1 heterocycles. The Morgan fingerprint density at radius 3 is 2.79 bits per heavy atom. The van der Waals surface area contributed by atoms with E-state index in [1.54, 1.807) is 30.3 Å². The summed E-state index contributed by atoms with van der Waals surface area (Å²) in [6, 6.07) is 11.1. The third-order valence-electron chi connectivity index (χ3n) is 2.41. The van der Waals surface area contributed by atoms with Gasteiger partial charge in [0.25, 0.3) is 0 Å². The first-order chi connectivity index (χ1) is 9.19. The molecule has 1 aromatic heterocycles. The zero-order chi connectivity index (χ0) is 13.7. The number of nitrogens with zero attached hydrogens (tertiary/aromatic N) is 1. The van der Waals surface area contributed by atoms with Crippen molar-refractivity contribution in [1.29, 1.82) is 0 Å². The molecule has 0 fully saturated rings. The highest BCUT2D eigenvalue weighted by Crippen LogP contribution is 2.14. The number of aromatic nitrogens is 1. The van der Waals surface area contributed by atoms with Gasteiger partial charge in [0.05, 0.1) is 28.9 Å². The van der Waals surface area contributed by atoms with Gasteiger partial charge in [0.1, 0.15) is 5.82 Å². The Morgan fingerprint density at radius 1 is 1.26 bits per heavy atom. The Bertz CT molecular complexity index is 589. The van der Waals surface area contributed by atoms with Gasteiger partial charge in [0.2, 0.25) is 5.88 Å². The van der Waals surface area contributed by atoms with Crippen LogP contribution in [0.3, 0.4) is 0 Å². The molecule has 0 radical (unpaired) electrons. The van der Waals surface area contributed by atoms with Crippen LogP contribution < -0.4 is 4.74 Å². The molecule has 5 heteroatoms. The van der Waals surface area contributed by atoms with Crippen LogP contribution in [0.4, 0.5) is 4.39 Å². The zero-order valence-electron chi connectivity index (χ0n) is 10.5. The molecule has 0 unspecified atom stereocenters. The highest BCUT2D eigenvalue weighted by molar-refractivity contribution is 7.84. The first kappa shape index (κ1) is 13.7. The molecule has 2 aromatic rings. The predicted octanol–water partition coefficient (Wildman–Crippen LogP) is 2.93. The molecular formula is C14H14FNO2S. The van der Waals surface area contributed by atoms with E-state index in [-0.39, 0.29) is 11.6 Å². The summed E-state index contributed by atoms with van der Waals surface area (Å²) in [6.45, 7) is 2.41. The summed E-state index contributed by atoms with van der Waals surface area (Å²) in [7, 11) is -1.31. The molecule has 0 spiro atoms. The lowest BCUT2D eigenvalue weighted by Gasteiger charge is -2.05. The number of halogens is 1.